The number of hydrogen-bond acceptors (Lipinski definition) is 4. The predicted octanol–water partition coefficient (Wildman–Crippen LogP) is 1.20. The lowest BCUT2D eigenvalue weighted by molar-refractivity contribution is 0.0937. The van der Waals surface area contributed by atoms with Crippen molar-refractivity contribution < 1.29 is 4.79 Å². The zero-order valence-electron chi connectivity index (χ0n) is 10.7. The summed E-state index contributed by atoms with van der Waals surface area (Å²) < 4.78 is 0. The summed E-state index contributed by atoms with van der Waals surface area (Å²) in [4.78, 5) is 15.7. The Hall–Kier alpha value is -1.93. The van der Waals surface area contributed by atoms with Crippen LogP contribution in [0.25, 0.3) is 0 Å². The van der Waals surface area contributed by atoms with Gasteiger partial charge in [-0.15, -0.1) is 0 Å². The molecule has 1 aromatic heterocycles. The van der Waals surface area contributed by atoms with E-state index in [1.165, 1.54) is 12.3 Å². The summed E-state index contributed by atoms with van der Waals surface area (Å²) in [5, 5.41) is 11.4. The van der Waals surface area contributed by atoms with Crippen molar-refractivity contribution in [1.29, 1.82) is 5.26 Å². The van der Waals surface area contributed by atoms with Crippen LogP contribution in [0.5, 0.6) is 0 Å². The fourth-order valence-electron chi connectivity index (χ4n) is 1.44. The Morgan fingerprint density at radius 2 is 2.17 bits per heavy atom. The Balaban J connectivity index is 2.63. The monoisotopic (exact) mass is 246 g/mol. The number of nitrogens with zero attached hydrogens (tertiary/aromatic N) is 2. The minimum absolute atomic E-state index is 0.267. The van der Waals surface area contributed by atoms with Gasteiger partial charge in [-0.1, -0.05) is 13.8 Å². The average Bonchev–Trinajstić information content (AvgIpc) is 2.44. The number of aromatic nitrogens is 1. The summed E-state index contributed by atoms with van der Waals surface area (Å²) in [7, 11) is 0. The van der Waals surface area contributed by atoms with E-state index in [0.717, 1.165) is 12.8 Å². The Morgan fingerprint density at radius 1 is 1.50 bits per heavy atom. The Kier molecular flexibility index (Phi) is 4.81. The number of nitriles is 1. The molecule has 0 spiro atoms. The molecule has 1 aromatic rings. The zero-order valence-corrected chi connectivity index (χ0v) is 10.7. The van der Waals surface area contributed by atoms with E-state index in [0.29, 0.717) is 17.8 Å². The number of carbonyl (C=O) groups excluding carboxylic acids is 1. The number of carbonyl (C=O) groups is 1. The van der Waals surface area contributed by atoms with Crippen LogP contribution in [0.4, 0.5) is 0 Å². The number of nitrogens with two attached hydrogens (primary N) is 1. The summed E-state index contributed by atoms with van der Waals surface area (Å²) in [6, 6.07) is 5.05. The molecule has 5 nitrogen and oxygen atoms in total. The van der Waals surface area contributed by atoms with Crippen molar-refractivity contribution in [2.24, 2.45) is 5.73 Å². The molecule has 5 heteroatoms. The summed E-state index contributed by atoms with van der Waals surface area (Å²) in [6.07, 6.45) is 2.97. The van der Waals surface area contributed by atoms with Crippen molar-refractivity contribution >= 4 is 5.91 Å². The van der Waals surface area contributed by atoms with Gasteiger partial charge in [0, 0.05) is 18.3 Å². The molecule has 1 amide bonds. The summed E-state index contributed by atoms with van der Waals surface area (Å²) in [6.45, 7) is 4.41. The van der Waals surface area contributed by atoms with Gasteiger partial charge in [-0.2, -0.15) is 5.26 Å². The predicted molar refractivity (Wildman–Crippen MR) is 68.8 cm³/mol. The number of amides is 1. The summed E-state index contributed by atoms with van der Waals surface area (Å²) in [5.74, 6) is -0.267. The molecule has 0 aliphatic rings. The van der Waals surface area contributed by atoms with Crippen LogP contribution in [-0.4, -0.2) is 23.0 Å². The van der Waals surface area contributed by atoms with Crippen LogP contribution >= 0.6 is 0 Å². The third-order valence-corrected chi connectivity index (χ3v) is 3.13. The van der Waals surface area contributed by atoms with E-state index in [2.05, 4.69) is 10.3 Å². The second-order valence-electron chi connectivity index (χ2n) is 4.30. The van der Waals surface area contributed by atoms with Gasteiger partial charge in [0.15, 0.2) is 0 Å². The van der Waals surface area contributed by atoms with Crippen molar-refractivity contribution in [3.63, 3.8) is 0 Å². The minimum atomic E-state index is -0.373. The topological polar surface area (TPSA) is 91.8 Å². The molecule has 0 aromatic carbocycles. The Bertz CT molecular complexity index is 443. The van der Waals surface area contributed by atoms with Crippen LogP contribution < -0.4 is 11.1 Å². The number of hydrogen-bond donors (Lipinski definition) is 2. The quantitative estimate of drug-likeness (QED) is 0.816. The van der Waals surface area contributed by atoms with E-state index >= 15 is 0 Å². The maximum Gasteiger partial charge on any atom is 0.269 e. The first-order valence-corrected chi connectivity index (χ1v) is 5.98. The van der Waals surface area contributed by atoms with Crippen LogP contribution in [0.1, 0.15) is 42.7 Å². The van der Waals surface area contributed by atoms with Gasteiger partial charge in [0.1, 0.15) is 11.8 Å². The van der Waals surface area contributed by atoms with E-state index in [1.807, 2.05) is 19.9 Å². The van der Waals surface area contributed by atoms with Crippen LogP contribution in [0, 0.1) is 11.3 Å². The first-order chi connectivity index (χ1) is 8.54. The van der Waals surface area contributed by atoms with E-state index in [4.69, 9.17) is 11.0 Å². The third kappa shape index (κ3) is 3.54. The maximum atomic E-state index is 11.8. The number of pyridine rings is 1. The molecule has 0 saturated heterocycles. The van der Waals surface area contributed by atoms with E-state index in [1.54, 1.807) is 6.07 Å². The van der Waals surface area contributed by atoms with E-state index in [-0.39, 0.29) is 11.4 Å². The van der Waals surface area contributed by atoms with Crippen molar-refractivity contribution in [2.75, 3.05) is 6.54 Å². The van der Waals surface area contributed by atoms with Gasteiger partial charge >= 0.3 is 0 Å². The van der Waals surface area contributed by atoms with Crippen molar-refractivity contribution in [2.45, 2.75) is 32.2 Å². The highest BCUT2D eigenvalue weighted by Gasteiger charge is 2.21. The first kappa shape index (κ1) is 14.1. The molecule has 1 rings (SSSR count). The molecule has 1 heterocycles. The lowest BCUT2D eigenvalue weighted by Gasteiger charge is -2.26. The normalized spacial score (nSPS) is 10.8. The molecular formula is C13H18N4O. The average molecular weight is 246 g/mol. The van der Waals surface area contributed by atoms with Crippen LogP contribution in [-0.2, 0) is 0 Å². The molecule has 96 valence electrons. The molecule has 0 radical (unpaired) electrons. The van der Waals surface area contributed by atoms with Gasteiger partial charge < -0.3 is 11.1 Å². The zero-order chi connectivity index (χ0) is 13.6. The lowest BCUT2D eigenvalue weighted by Crippen LogP contribution is -2.49. The van der Waals surface area contributed by atoms with Gasteiger partial charge in [0.2, 0.25) is 0 Å². The van der Waals surface area contributed by atoms with Gasteiger partial charge in [-0.3, -0.25) is 4.79 Å². The summed E-state index contributed by atoms with van der Waals surface area (Å²) >= 11 is 0. The molecule has 0 fully saturated rings. The van der Waals surface area contributed by atoms with Gasteiger partial charge in [0.05, 0.1) is 5.56 Å². The molecular weight excluding hydrogens is 228 g/mol. The van der Waals surface area contributed by atoms with Crippen molar-refractivity contribution in [1.82, 2.24) is 10.3 Å². The highest BCUT2D eigenvalue weighted by molar-refractivity contribution is 5.92. The highest BCUT2D eigenvalue weighted by atomic mass is 16.1. The standard InChI is InChI=1S/C13H18N4O/c1-3-13(15,4-2)9-17-12(18)11-6-5-10(7-14)8-16-11/h5-6,8H,3-4,9,15H2,1-2H3,(H,17,18). The molecule has 18 heavy (non-hydrogen) atoms. The molecule has 0 aliphatic carbocycles. The van der Waals surface area contributed by atoms with Gasteiger partial charge in [0.25, 0.3) is 5.91 Å². The molecule has 0 bridgehead atoms. The SMILES string of the molecule is CCC(N)(CC)CNC(=O)c1ccc(C#N)cn1. The minimum Gasteiger partial charge on any atom is -0.349 e. The number of nitrogens with one attached hydrogen (secondary N) is 1. The lowest BCUT2D eigenvalue weighted by atomic mass is 9.94. The van der Waals surface area contributed by atoms with Crippen molar-refractivity contribution in [3.05, 3.63) is 29.6 Å². The van der Waals surface area contributed by atoms with Crippen LogP contribution in [0.15, 0.2) is 18.3 Å². The van der Waals surface area contributed by atoms with Gasteiger partial charge in [-0.05, 0) is 25.0 Å². The van der Waals surface area contributed by atoms with Crippen LogP contribution in [0.3, 0.4) is 0 Å². The number of rotatable bonds is 5. The molecule has 0 aliphatic heterocycles. The second kappa shape index (κ2) is 6.12. The fraction of sp³-hybridized carbons (Fsp3) is 0.462. The Morgan fingerprint density at radius 3 is 2.61 bits per heavy atom. The maximum absolute atomic E-state index is 11.8. The van der Waals surface area contributed by atoms with Crippen molar-refractivity contribution in [3.8, 4) is 6.07 Å². The first-order valence-electron chi connectivity index (χ1n) is 5.98. The molecule has 0 atom stereocenters. The molecule has 0 saturated carbocycles. The molecule has 0 unspecified atom stereocenters. The van der Waals surface area contributed by atoms with Gasteiger partial charge in [-0.25, -0.2) is 4.98 Å². The van der Waals surface area contributed by atoms with Crippen LogP contribution in [0.2, 0.25) is 0 Å². The van der Waals surface area contributed by atoms with E-state index in [9.17, 15) is 4.79 Å². The fourth-order valence-corrected chi connectivity index (χ4v) is 1.44. The highest BCUT2D eigenvalue weighted by Crippen LogP contribution is 2.09. The largest absolute Gasteiger partial charge is 0.349 e. The Labute approximate surface area is 107 Å². The smallest absolute Gasteiger partial charge is 0.269 e. The third-order valence-electron chi connectivity index (χ3n) is 3.13. The second-order valence-corrected chi connectivity index (χ2v) is 4.30. The van der Waals surface area contributed by atoms with E-state index < -0.39 is 0 Å². The summed E-state index contributed by atoms with van der Waals surface area (Å²) in [5.41, 5.74) is 6.44. The molecule has 3 N–H and O–H groups in total.